The summed E-state index contributed by atoms with van der Waals surface area (Å²) < 4.78 is 5.94. The fourth-order valence-electron chi connectivity index (χ4n) is 3.00. The molecule has 0 radical (unpaired) electrons. The van der Waals surface area contributed by atoms with Crippen LogP contribution in [0.15, 0.2) is 33.7 Å². The van der Waals surface area contributed by atoms with Crippen molar-refractivity contribution in [3.8, 4) is 0 Å². The van der Waals surface area contributed by atoms with Gasteiger partial charge in [0.05, 0.1) is 6.54 Å². The number of hydrogen-bond acceptors (Lipinski definition) is 3. The number of hydrogen-bond donors (Lipinski definition) is 2. The van der Waals surface area contributed by atoms with Crippen LogP contribution in [0.25, 0.3) is 11.0 Å². The summed E-state index contributed by atoms with van der Waals surface area (Å²) in [5.74, 6) is 1.75. The molecule has 0 spiro atoms. The molecular weight excluding hydrogens is 427 g/mol. The second-order valence-corrected chi connectivity index (χ2v) is 6.02. The van der Waals surface area contributed by atoms with Crippen LogP contribution in [-0.4, -0.2) is 43.6 Å². The molecule has 2 N–H and O–H groups in total. The van der Waals surface area contributed by atoms with E-state index in [-0.39, 0.29) is 24.0 Å². The Labute approximate surface area is 168 Å². The molecule has 0 amide bonds. The molecule has 6 heteroatoms. The van der Waals surface area contributed by atoms with Crippen LogP contribution in [0.1, 0.15) is 32.1 Å². The van der Waals surface area contributed by atoms with Crippen molar-refractivity contribution in [2.75, 3.05) is 26.7 Å². The Morgan fingerprint density at radius 2 is 1.88 bits per heavy atom. The normalized spacial score (nSPS) is 13.0. The molecule has 0 saturated carbocycles. The zero-order valence-electron chi connectivity index (χ0n) is 15.9. The summed E-state index contributed by atoms with van der Waals surface area (Å²) in [6.07, 6.45) is 0. The van der Waals surface area contributed by atoms with Crippen LogP contribution in [0.2, 0.25) is 0 Å². The third kappa shape index (κ3) is 5.60. The van der Waals surface area contributed by atoms with Crippen molar-refractivity contribution >= 4 is 40.9 Å². The van der Waals surface area contributed by atoms with E-state index in [9.17, 15) is 0 Å². The topological polar surface area (TPSA) is 52.8 Å². The van der Waals surface area contributed by atoms with Crippen LogP contribution in [0.3, 0.4) is 0 Å². The molecule has 0 saturated heterocycles. The highest BCUT2D eigenvalue weighted by Crippen LogP contribution is 2.24. The smallest absolute Gasteiger partial charge is 0.191 e. The van der Waals surface area contributed by atoms with Gasteiger partial charge < -0.3 is 15.1 Å². The number of para-hydroxylation sites is 1. The third-order valence-electron chi connectivity index (χ3n) is 4.58. The van der Waals surface area contributed by atoms with Crippen molar-refractivity contribution in [3.63, 3.8) is 0 Å². The summed E-state index contributed by atoms with van der Waals surface area (Å²) in [7, 11) is 1.79. The lowest BCUT2D eigenvalue weighted by Gasteiger charge is -2.27. The molecule has 0 fully saturated rings. The fourth-order valence-corrected chi connectivity index (χ4v) is 3.00. The van der Waals surface area contributed by atoms with Gasteiger partial charge >= 0.3 is 0 Å². The Kier molecular flexibility index (Phi) is 9.27. The summed E-state index contributed by atoms with van der Waals surface area (Å²) in [5, 5.41) is 7.92. The molecule has 1 atom stereocenters. The zero-order chi connectivity index (χ0) is 17.5. The van der Waals surface area contributed by atoms with E-state index in [4.69, 9.17) is 4.42 Å². The Balaban J connectivity index is 0.00000312. The number of nitrogens with zero attached hydrogens (tertiary/aromatic N) is 2. The predicted molar refractivity (Wildman–Crippen MR) is 117 cm³/mol. The van der Waals surface area contributed by atoms with Gasteiger partial charge in [0.25, 0.3) is 0 Å². The van der Waals surface area contributed by atoms with Crippen molar-refractivity contribution in [1.29, 1.82) is 0 Å². The van der Waals surface area contributed by atoms with E-state index in [1.165, 1.54) is 10.9 Å². The maximum atomic E-state index is 5.94. The van der Waals surface area contributed by atoms with Crippen LogP contribution in [0.4, 0.5) is 0 Å². The summed E-state index contributed by atoms with van der Waals surface area (Å²) in [6, 6.07) is 8.60. The molecule has 2 rings (SSSR count). The van der Waals surface area contributed by atoms with Crippen molar-refractivity contribution in [3.05, 3.63) is 35.6 Å². The minimum atomic E-state index is 0. The number of aryl methyl sites for hydroxylation is 1. The van der Waals surface area contributed by atoms with Gasteiger partial charge in [-0.1, -0.05) is 32.0 Å². The minimum absolute atomic E-state index is 0. The quantitative estimate of drug-likeness (QED) is 0.377. The highest BCUT2D eigenvalue weighted by Gasteiger charge is 2.12. The van der Waals surface area contributed by atoms with E-state index in [2.05, 4.69) is 54.3 Å². The molecule has 25 heavy (non-hydrogen) atoms. The number of guanidine groups is 1. The van der Waals surface area contributed by atoms with Crippen molar-refractivity contribution in [2.45, 2.75) is 40.3 Å². The second-order valence-electron chi connectivity index (χ2n) is 6.02. The molecule has 5 nitrogen and oxygen atoms in total. The molecule has 0 aliphatic carbocycles. The maximum absolute atomic E-state index is 5.94. The van der Waals surface area contributed by atoms with E-state index >= 15 is 0 Å². The largest absolute Gasteiger partial charge is 0.459 e. The zero-order valence-corrected chi connectivity index (χ0v) is 18.3. The minimum Gasteiger partial charge on any atom is -0.459 e. The van der Waals surface area contributed by atoms with E-state index in [1.54, 1.807) is 7.05 Å². The predicted octanol–water partition coefficient (Wildman–Crippen LogP) is 3.75. The lowest BCUT2D eigenvalue weighted by Crippen LogP contribution is -2.45. The Morgan fingerprint density at radius 3 is 2.48 bits per heavy atom. The van der Waals surface area contributed by atoms with Crippen LogP contribution < -0.4 is 10.6 Å². The van der Waals surface area contributed by atoms with E-state index in [0.29, 0.717) is 12.6 Å². The highest BCUT2D eigenvalue weighted by atomic mass is 127. The SMILES string of the molecule is CCN(CC)C(C)CNC(=NC)NCc1oc2ccccc2c1C.I. The van der Waals surface area contributed by atoms with Gasteiger partial charge in [-0.05, 0) is 33.0 Å². The molecule has 0 bridgehead atoms. The van der Waals surface area contributed by atoms with E-state index < -0.39 is 0 Å². The number of halogens is 1. The number of likely N-dealkylation sites (N-methyl/N-ethyl adjacent to an activating group) is 1. The van der Waals surface area contributed by atoms with Gasteiger partial charge in [0, 0.05) is 30.6 Å². The van der Waals surface area contributed by atoms with Gasteiger partial charge in [-0.3, -0.25) is 9.89 Å². The average Bonchev–Trinajstić information content (AvgIpc) is 2.92. The number of furan rings is 1. The molecular formula is C19H31IN4O. The third-order valence-corrected chi connectivity index (χ3v) is 4.58. The van der Waals surface area contributed by atoms with Gasteiger partial charge in [-0.25, -0.2) is 0 Å². The molecule has 2 aromatic rings. The maximum Gasteiger partial charge on any atom is 0.191 e. The van der Waals surface area contributed by atoms with Crippen molar-refractivity contribution < 1.29 is 4.42 Å². The molecule has 140 valence electrons. The van der Waals surface area contributed by atoms with Crippen molar-refractivity contribution in [1.82, 2.24) is 15.5 Å². The lowest BCUT2D eigenvalue weighted by atomic mass is 10.1. The monoisotopic (exact) mass is 458 g/mol. The second kappa shape index (κ2) is 10.7. The van der Waals surface area contributed by atoms with Gasteiger partial charge in [0.2, 0.25) is 0 Å². The highest BCUT2D eigenvalue weighted by molar-refractivity contribution is 14.0. The first-order valence-corrected chi connectivity index (χ1v) is 8.76. The van der Waals surface area contributed by atoms with Gasteiger partial charge in [-0.15, -0.1) is 24.0 Å². The molecule has 1 aromatic heterocycles. The number of benzene rings is 1. The molecule has 1 unspecified atom stereocenters. The summed E-state index contributed by atoms with van der Waals surface area (Å²) in [4.78, 5) is 6.72. The van der Waals surface area contributed by atoms with Gasteiger partial charge in [0.1, 0.15) is 11.3 Å². The van der Waals surface area contributed by atoms with Crippen LogP contribution in [0.5, 0.6) is 0 Å². The van der Waals surface area contributed by atoms with E-state index in [1.807, 2.05) is 18.2 Å². The van der Waals surface area contributed by atoms with Crippen LogP contribution >= 0.6 is 24.0 Å². The van der Waals surface area contributed by atoms with Gasteiger partial charge in [0.15, 0.2) is 5.96 Å². The first kappa shape index (κ1) is 21.8. The summed E-state index contributed by atoms with van der Waals surface area (Å²) in [5.41, 5.74) is 2.12. The summed E-state index contributed by atoms with van der Waals surface area (Å²) in [6.45, 7) is 12.3. The van der Waals surface area contributed by atoms with Crippen LogP contribution in [0, 0.1) is 6.92 Å². The molecule has 1 aromatic carbocycles. The fraction of sp³-hybridized carbons (Fsp3) is 0.526. The Morgan fingerprint density at radius 1 is 1.20 bits per heavy atom. The van der Waals surface area contributed by atoms with Gasteiger partial charge in [-0.2, -0.15) is 0 Å². The standard InChI is InChI=1S/C19H30N4O.HI/c1-6-23(7-2)14(3)12-21-19(20-5)22-13-18-15(4)16-10-8-9-11-17(16)24-18;/h8-11,14H,6-7,12-13H2,1-5H3,(H2,20,21,22);1H. The molecule has 0 aliphatic rings. The van der Waals surface area contributed by atoms with Crippen LogP contribution in [-0.2, 0) is 6.54 Å². The Hall–Kier alpha value is -1.28. The molecule has 0 aliphatic heterocycles. The summed E-state index contributed by atoms with van der Waals surface area (Å²) >= 11 is 0. The first-order valence-electron chi connectivity index (χ1n) is 8.76. The number of nitrogens with one attached hydrogen (secondary N) is 2. The molecule has 1 heterocycles. The average molecular weight is 458 g/mol. The van der Waals surface area contributed by atoms with E-state index in [0.717, 1.165) is 36.9 Å². The number of fused-ring (bicyclic) bond motifs is 1. The van der Waals surface area contributed by atoms with Crippen molar-refractivity contribution in [2.24, 2.45) is 4.99 Å². The Bertz CT molecular complexity index is 679. The number of aliphatic imine (C=N–C) groups is 1. The number of rotatable bonds is 7. The first-order chi connectivity index (χ1) is 11.6. The lowest BCUT2D eigenvalue weighted by molar-refractivity contribution is 0.231.